The van der Waals surface area contributed by atoms with Gasteiger partial charge in [-0.1, -0.05) is 12.1 Å². The van der Waals surface area contributed by atoms with Crippen LogP contribution in [0.25, 0.3) is 11.3 Å². The number of rotatable bonds is 1. The van der Waals surface area contributed by atoms with Crippen molar-refractivity contribution in [2.24, 2.45) is 0 Å². The Morgan fingerprint density at radius 2 is 2.05 bits per heavy atom. The van der Waals surface area contributed by atoms with Gasteiger partial charge in [0.15, 0.2) is 5.13 Å². The van der Waals surface area contributed by atoms with E-state index in [0.717, 1.165) is 22.4 Å². The molecule has 2 aromatic rings. The number of carbonyl (C=O) groups excluding carboxylic acids is 1. The van der Waals surface area contributed by atoms with E-state index < -0.39 is 5.60 Å². The van der Waals surface area contributed by atoms with Crippen LogP contribution < -0.4 is 5.73 Å². The van der Waals surface area contributed by atoms with Gasteiger partial charge in [0, 0.05) is 24.0 Å². The summed E-state index contributed by atoms with van der Waals surface area (Å²) in [6.07, 6.45) is -0.275. The number of hydrogen-bond donors (Lipinski definition) is 1. The van der Waals surface area contributed by atoms with Crippen LogP contribution in [-0.4, -0.2) is 21.6 Å². The van der Waals surface area contributed by atoms with Crippen LogP contribution in [0.4, 0.5) is 9.93 Å². The fourth-order valence-electron chi connectivity index (χ4n) is 2.43. The molecule has 0 fully saturated rings. The second kappa shape index (κ2) is 5.28. The van der Waals surface area contributed by atoms with Crippen LogP contribution in [0.15, 0.2) is 23.6 Å². The summed E-state index contributed by atoms with van der Waals surface area (Å²) < 4.78 is 5.43. The molecule has 0 saturated heterocycles. The Morgan fingerprint density at radius 1 is 1.32 bits per heavy atom. The zero-order valence-electron chi connectivity index (χ0n) is 12.9. The summed E-state index contributed by atoms with van der Waals surface area (Å²) in [6.45, 7) is 6.78. The van der Waals surface area contributed by atoms with Gasteiger partial charge in [0.25, 0.3) is 0 Å². The quantitative estimate of drug-likeness (QED) is 0.872. The molecule has 0 unspecified atom stereocenters. The fourth-order valence-corrected chi connectivity index (χ4v) is 3.00. The topological polar surface area (TPSA) is 68.5 Å². The molecule has 0 bridgehead atoms. The summed E-state index contributed by atoms with van der Waals surface area (Å²) >= 11 is 1.43. The van der Waals surface area contributed by atoms with Crippen molar-refractivity contribution in [3.63, 3.8) is 0 Å². The Balaban J connectivity index is 1.78. The number of nitrogens with two attached hydrogens (primary N) is 1. The molecule has 5 nitrogen and oxygen atoms in total. The van der Waals surface area contributed by atoms with Crippen molar-refractivity contribution in [3.05, 3.63) is 34.7 Å². The molecule has 22 heavy (non-hydrogen) atoms. The van der Waals surface area contributed by atoms with E-state index >= 15 is 0 Å². The van der Waals surface area contributed by atoms with Crippen LogP contribution in [0.3, 0.4) is 0 Å². The molecule has 116 valence electrons. The number of carbonyl (C=O) groups is 1. The van der Waals surface area contributed by atoms with Crippen LogP contribution in [-0.2, 0) is 17.8 Å². The molecule has 0 aliphatic carbocycles. The minimum absolute atomic E-state index is 0.275. The fraction of sp³-hybridized carbons (Fsp3) is 0.375. The first kappa shape index (κ1) is 14.8. The molecule has 0 spiro atoms. The van der Waals surface area contributed by atoms with Crippen molar-refractivity contribution in [1.29, 1.82) is 0 Å². The standard InChI is InChI=1S/C16H19N3O2S/c1-16(2,3)21-15(20)19-7-11-5-4-10(6-12(11)8-19)13-9-22-14(17)18-13/h4-6,9H,7-8H2,1-3H3,(H2,17,18). The monoisotopic (exact) mass is 317 g/mol. The average molecular weight is 317 g/mol. The third-order valence-corrected chi connectivity index (χ3v) is 4.07. The van der Waals surface area contributed by atoms with Crippen molar-refractivity contribution >= 4 is 22.6 Å². The van der Waals surface area contributed by atoms with Crippen LogP contribution >= 0.6 is 11.3 Å². The Labute approximate surface area is 133 Å². The molecule has 3 rings (SSSR count). The van der Waals surface area contributed by atoms with Gasteiger partial charge in [-0.05, 0) is 38.0 Å². The normalized spacial score (nSPS) is 14.0. The molecule has 1 aromatic carbocycles. The number of amides is 1. The summed E-state index contributed by atoms with van der Waals surface area (Å²) in [7, 11) is 0. The van der Waals surface area contributed by atoms with Gasteiger partial charge in [0.1, 0.15) is 5.60 Å². The van der Waals surface area contributed by atoms with E-state index in [-0.39, 0.29) is 6.09 Å². The van der Waals surface area contributed by atoms with E-state index in [0.29, 0.717) is 18.2 Å². The molecule has 2 N–H and O–H groups in total. The molecule has 1 aromatic heterocycles. The van der Waals surface area contributed by atoms with Gasteiger partial charge in [-0.2, -0.15) is 0 Å². The molecule has 0 radical (unpaired) electrons. The molecule has 1 amide bonds. The third-order valence-electron chi connectivity index (χ3n) is 3.40. The van der Waals surface area contributed by atoms with E-state index in [1.54, 1.807) is 4.90 Å². The second-order valence-electron chi connectivity index (χ2n) is 6.39. The number of hydrogen-bond acceptors (Lipinski definition) is 5. The highest BCUT2D eigenvalue weighted by Gasteiger charge is 2.27. The predicted octanol–water partition coefficient (Wildman–Crippen LogP) is 3.64. The summed E-state index contributed by atoms with van der Waals surface area (Å²) in [5.74, 6) is 0. The van der Waals surface area contributed by atoms with Crippen molar-refractivity contribution < 1.29 is 9.53 Å². The Morgan fingerprint density at radius 3 is 2.68 bits per heavy atom. The summed E-state index contributed by atoms with van der Waals surface area (Å²) in [6, 6.07) is 6.14. The molecule has 1 aliphatic heterocycles. The first-order valence-electron chi connectivity index (χ1n) is 7.13. The molecule has 0 atom stereocenters. The summed E-state index contributed by atoms with van der Waals surface area (Å²) in [4.78, 5) is 18.2. The number of benzene rings is 1. The lowest BCUT2D eigenvalue weighted by Crippen LogP contribution is -2.33. The molecule has 0 saturated carbocycles. The van der Waals surface area contributed by atoms with Gasteiger partial charge in [-0.15, -0.1) is 11.3 Å². The number of fused-ring (bicyclic) bond motifs is 1. The smallest absolute Gasteiger partial charge is 0.410 e. The minimum Gasteiger partial charge on any atom is -0.444 e. The molecule has 6 heteroatoms. The van der Waals surface area contributed by atoms with E-state index in [1.807, 2.05) is 38.3 Å². The first-order valence-corrected chi connectivity index (χ1v) is 8.01. The van der Waals surface area contributed by atoms with Gasteiger partial charge in [-0.3, -0.25) is 4.90 Å². The molecular formula is C16H19N3O2S. The van der Waals surface area contributed by atoms with Crippen molar-refractivity contribution in [1.82, 2.24) is 9.88 Å². The van der Waals surface area contributed by atoms with E-state index in [9.17, 15) is 4.79 Å². The van der Waals surface area contributed by atoms with Gasteiger partial charge in [-0.25, -0.2) is 9.78 Å². The van der Waals surface area contributed by atoms with Crippen molar-refractivity contribution in [2.45, 2.75) is 39.5 Å². The largest absolute Gasteiger partial charge is 0.444 e. The SMILES string of the molecule is CC(C)(C)OC(=O)N1Cc2ccc(-c3csc(N)n3)cc2C1. The van der Waals surface area contributed by atoms with Crippen LogP contribution in [0.2, 0.25) is 0 Å². The third kappa shape index (κ3) is 3.06. The lowest BCUT2D eigenvalue weighted by Gasteiger charge is -2.24. The number of ether oxygens (including phenoxy) is 1. The van der Waals surface area contributed by atoms with Crippen LogP contribution in [0.5, 0.6) is 0 Å². The van der Waals surface area contributed by atoms with E-state index in [4.69, 9.17) is 10.5 Å². The first-order chi connectivity index (χ1) is 10.3. The maximum atomic E-state index is 12.2. The van der Waals surface area contributed by atoms with Crippen molar-refractivity contribution in [2.75, 3.05) is 5.73 Å². The van der Waals surface area contributed by atoms with Gasteiger partial charge in [0.2, 0.25) is 0 Å². The minimum atomic E-state index is -0.477. The average Bonchev–Trinajstić information content (AvgIpc) is 3.01. The number of nitrogen functional groups attached to an aromatic ring is 1. The lowest BCUT2D eigenvalue weighted by molar-refractivity contribution is 0.0242. The van der Waals surface area contributed by atoms with Crippen molar-refractivity contribution in [3.8, 4) is 11.3 Å². The molecule has 2 heterocycles. The highest BCUT2D eigenvalue weighted by atomic mass is 32.1. The number of anilines is 1. The van der Waals surface area contributed by atoms with Crippen LogP contribution in [0.1, 0.15) is 31.9 Å². The number of thiazole rings is 1. The zero-order chi connectivity index (χ0) is 15.9. The highest BCUT2D eigenvalue weighted by molar-refractivity contribution is 7.13. The van der Waals surface area contributed by atoms with E-state index in [2.05, 4.69) is 11.1 Å². The predicted molar refractivity (Wildman–Crippen MR) is 87.4 cm³/mol. The number of nitrogens with zero attached hydrogens (tertiary/aromatic N) is 2. The second-order valence-corrected chi connectivity index (χ2v) is 7.28. The van der Waals surface area contributed by atoms with Gasteiger partial charge < -0.3 is 10.5 Å². The Bertz CT molecular complexity index is 718. The lowest BCUT2D eigenvalue weighted by atomic mass is 10.1. The summed E-state index contributed by atoms with van der Waals surface area (Å²) in [5, 5.41) is 2.50. The number of aromatic nitrogens is 1. The van der Waals surface area contributed by atoms with E-state index in [1.165, 1.54) is 11.3 Å². The molecular weight excluding hydrogens is 298 g/mol. The van der Waals surface area contributed by atoms with Gasteiger partial charge in [0.05, 0.1) is 5.69 Å². The Hall–Kier alpha value is -2.08. The van der Waals surface area contributed by atoms with Gasteiger partial charge >= 0.3 is 6.09 Å². The maximum Gasteiger partial charge on any atom is 0.410 e. The molecule has 1 aliphatic rings. The summed E-state index contributed by atoms with van der Waals surface area (Å²) in [5.41, 5.74) is 9.40. The van der Waals surface area contributed by atoms with Crippen LogP contribution in [0, 0.1) is 0 Å². The highest BCUT2D eigenvalue weighted by Crippen LogP contribution is 2.30. The Kier molecular flexibility index (Phi) is 3.56. The zero-order valence-corrected chi connectivity index (χ0v) is 13.7. The maximum absolute atomic E-state index is 12.2.